The summed E-state index contributed by atoms with van der Waals surface area (Å²) in [7, 11) is 0. The number of aliphatic hydroxyl groups is 1. The number of aliphatic hydroxyl groups excluding tert-OH is 1. The number of hydrogen-bond acceptors (Lipinski definition) is 1. The fraction of sp³-hybridized carbons (Fsp3) is 0.455. The van der Waals surface area contributed by atoms with Gasteiger partial charge in [-0.15, -0.1) is 0 Å². The van der Waals surface area contributed by atoms with Gasteiger partial charge in [0.15, 0.2) is 0 Å². The Morgan fingerprint density at radius 2 is 1.22 bits per heavy atom. The average molecular weight is 308 g/mol. The van der Waals surface area contributed by atoms with Crippen molar-refractivity contribution in [3.8, 4) is 11.1 Å². The van der Waals surface area contributed by atoms with Crippen molar-refractivity contribution in [3.63, 3.8) is 0 Å². The van der Waals surface area contributed by atoms with Gasteiger partial charge in [-0.05, 0) is 58.1 Å². The topological polar surface area (TPSA) is 20.2 Å². The van der Waals surface area contributed by atoms with E-state index in [9.17, 15) is 5.11 Å². The quantitative estimate of drug-likeness (QED) is 0.806. The van der Waals surface area contributed by atoms with E-state index in [1.165, 1.54) is 33.4 Å². The lowest BCUT2D eigenvalue weighted by atomic mass is 9.93. The van der Waals surface area contributed by atoms with Gasteiger partial charge in [-0.3, -0.25) is 0 Å². The van der Waals surface area contributed by atoms with Crippen LogP contribution < -0.4 is 0 Å². The van der Waals surface area contributed by atoms with Crippen molar-refractivity contribution < 1.29 is 5.11 Å². The highest BCUT2D eigenvalue weighted by molar-refractivity contribution is 5.79. The molecule has 2 aromatic carbocycles. The fourth-order valence-electron chi connectivity index (χ4n) is 3.85. The highest BCUT2D eigenvalue weighted by atomic mass is 16.3. The third-order valence-electron chi connectivity index (χ3n) is 4.74. The molecule has 122 valence electrons. The van der Waals surface area contributed by atoms with Crippen molar-refractivity contribution in [3.05, 3.63) is 58.7 Å². The molecule has 0 fully saturated rings. The van der Waals surface area contributed by atoms with Gasteiger partial charge in [-0.1, -0.05) is 64.1 Å². The molecule has 1 aliphatic carbocycles. The Morgan fingerprint density at radius 3 is 1.57 bits per heavy atom. The second-order valence-electron chi connectivity index (χ2n) is 7.77. The first-order valence-electron chi connectivity index (χ1n) is 8.86. The van der Waals surface area contributed by atoms with Gasteiger partial charge in [0.1, 0.15) is 0 Å². The van der Waals surface area contributed by atoms with E-state index in [1.54, 1.807) is 0 Å². The Balaban J connectivity index is 2.02. The summed E-state index contributed by atoms with van der Waals surface area (Å²) in [6, 6.07) is 13.7. The van der Waals surface area contributed by atoms with Crippen LogP contribution in [0.15, 0.2) is 36.4 Å². The molecular formula is C22H28O. The summed E-state index contributed by atoms with van der Waals surface area (Å²) in [6.45, 7) is 9.21. The predicted molar refractivity (Wildman–Crippen MR) is 97.9 cm³/mol. The van der Waals surface area contributed by atoms with E-state index in [0.717, 1.165) is 12.8 Å². The van der Waals surface area contributed by atoms with Gasteiger partial charge in [0.25, 0.3) is 0 Å². The molecule has 0 unspecified atom stereocenters. The number of hydrogen-bond donors (Lipinski definition) is 1. The minimum Gasteiger partial charge on any atom is -0.395 e. The first-order valence-corrected chi connectivity index (χ1v) is 8.86. The lowest BCUT2D eigenvalue weighted by molar-refractivity contribution is 0.282. The third kappa shape index (κ3) is 3.21. The largest absolute Gasteiger partial charge is 0.395 e. The SMILES string of the molecule is CC(C)Cc1ccc2c(c1)C(CO)c1cc(CC(C)C)ccc1-2. The van der Waals surface area contributed by atoms with Crippen LogP contribution >= 0.6 is 0 Å². The van der Waals surface area contributed by atoms with Gasteiger partial charge in [0.2, 0.25) is 0 Å². The van der Waals surface area contributed by atoms with Crippen molar-refractivity contribution >= 4 is 0 Å². The molecule has 23 heavy (non-hydrogen) atoms. The summed E-state index contributed by atoms with van der Waals surface area (Å²) < 4.78 is 0. The average Bonchev–Trinajstić information content (AvgIpc) is 2.78. The molecular weight excluding hydrogens is 280 g/mol. The van der Waals surface area contributed by atoms with Crippen LogP contribution in [-0.4, -0.2) is 11.7 Å². The van der Waals surface area contributed by atoms with Gasteiger partial charge >= 0.3 is 0 Å². The van der Waals surface area contributed by atoms with Crippen LogP contribution in [0.25, 0.3) is 11.1 Å². The molecule has 1 aliphatic rings. The molecule has 1 heteroatoms. The normalized spacial score (nSPS) is 13.7. The highest BCUT2D eigenvalue weighted by Gasteiger charge is 2.28. The van der Waals surface area contributed by atoms with E-state index in [4.69, 9.17) is 0 Å². The molecule has 0 spiro atoms. The van der Waals surface area contributed by atoms with E-state index in [-0.39, 0.29) is 12.5 Å². The zero-order valence-electron chi connectivity index (χ0n) is 14.8. The number of rotatable bonds is 5. The van der Waals surface area contributed by atoms with Crippen molar-refractivity contribution in [2.75, 3.05) is 6.61 Å². The molecule has 3 rings (SSSR count). The van der Waals surface area contributed by atoms with Crippen LogP contribution in [0.5, 0.6) is 0 Å². The van der Waals surface area contributed by atoms with E-state index >= 15 is 0 Å². The summed E-state index contributed by atoms with van der Waals surface area (Å²) in [4.78, 5) is 0. The number of benzene rings is 2. The monoisotopic (exact) mass is 308 g/mol. The highest BCUT2D eigenvalue weighted by Crippen LogP contribution is 2.45. The third-order valence-corrected chi connectivity index (χ3v) is 4.74. The van der Waals surface area contributed by atoms with Crippen molar-refractivity contribution in [1.82, 2.24) is 0 Å². The predicted octanol–water partition coefficient (Wildman–Crippen LogP) is 5.19. The molecule has 0 saturated carbocycles. The van der Waals surface area contributed by atoms with Crippen LogP contribution in [0.3, 0.4) is 0 Å². The smallest absolute Gasteiger partial charge is 0.0540 e. The molecule has 0 amide bonds. The summed E-state index contributed by atoms with van der Waals surface area (Å²) >= 11 is 0. The second kappa shape index (κ2) is 6.49. The Hall–Kier alpha value is -1.60. The van der Waals surface area contributed by atoms with Gasteiger partial charge in [0.05, 0.1) is 6.61 Å². The lowest BCUT2D eigenvalue weighted by Gasteiger charge is -2.13. The first-order chi connectivity index (χ1) is 11.0. The Bertz CT molecular complexity index is 638. The molecule has 0 saturated heterocycles. The summed E-state index contributed by atoms with van der Waals surface area (Å²) in [5, 5.41) is 10.0. The van der Waals surface area contributed by atoms with Gasteiger partial charge in [-0.2, -0.15) is 0 Å². The maximum Gasteiger partial charge on any atom is 0.0540 e. The van der Waals surface area contributed by atoms with Gasteiger partial charge in [-0.25, -0.2) is 0 Å². The molecule has 2 aromatic rings. The fourth-order valence-corrected chi connectivity index (χ4v) is 3.85. The van der Waals surface area contributed by atoms with E-state index < -0.39 is 0 Å². The summed E-state index contributed by atoms with van der Waals surface area (Å²) in [5.41, 5.74) is 8.00. The molecule has 0 atom stereocenters. The Kier molecular flexibility index (Phi) is 4.59. The van der Waals surface area contributed by atoms with Crippen LogP contribution in [0.2, 0.25) is 0 Å². The lowest BCUT2D eigenvalue weighted by Crippen LogP contribution is -2.04. The number of fused-ring (bicyclic) bond motifs is 3. The van der Waals surface area contributed by atoms with Crippen LogP contribution in [0.1, 0.15) is 55.9 Å². The van der Waals surface area contributed by atoms with Crippen molar-refractivity contribution in [2.45, 2.75) is 46.5 Å². The molecule has 0 aliphatic heterocycles. The molecule has 0 radical (unpaired) electrons. The van der Waals surface area contributed by atoms with Gasteiger partial charge < -0.3 is 5.11 Å². The first kappa shape index (κ1) is 16.3. The zero-order valence-corrected chi connectivity index (χ0v) is 14.8. The molecule has 0 heterocycles. The van der Waals surface area contributed by atoms with Gasteiger partial charge in [0, 0.05) is 5.92 Å². The van der Waals surface area contributed by atoms with Crippen molar-refractivity contribution in [2.24, 2.45) is 11.8 Å². The minimum atomic E-state index is 0.138. The van der Waals surface area contributed by atoms with E-state index in [0.29, 0.717) is 11.8 Å². The van der Waals surface area contributed by atoms with Crippen LogP contribution in [0.4, 0.5) is 0 Å². The Labute approximate surface area is 140 Å². The molecule has 0 aromatic heterocycles. The zero-order chi connectivity index (χ0) is 16.6. The molecule has 1 N–H and O–H groups in total. The van der Waals surface area contributed by atoms with Crippen LogP contribution in [-0.2, 0) is 12.8 Å². The van der Waals surface area contributed by atoms with Crippen molar-refractivity contribution in [1.29, 1.82) is 0 Å². The summed E-state index contributed by atoms with van der Waals surface area (Å²) in [6.07, 6.45) is 2.20. The Morgan fingerprint density at radius 1 is 0.783 bits per heavy atom. The van der Waals surface area contributed by atoms with E-state index in [2.05, 4.69) is 64.1 Å². The standard InChI is InChI=1S/C22H28O/c1-14(2)9-16-5-7-18-19-8-6-17(10-15(3)4)12-21(19)22(13-23)20(18)11-16/h5-8,11-12,14-15,22-23H,9-10,13H2,1-4H3. The second-order valence-corrected chi connectivity index (χ2v) is 7.77. The maximum atomic E-state index is 10.0. The molecule has 1 nitrogen and oxygen atoms in total. The summed E-state index contributed by atoms with van der Waals surface area (Å²) in [5.74, 6) is 1.45. The molecule has 0 bridgehead atoms. The maximum absolute atomic E-state index is 10.0. The van der Waals surface area contributed by atoms with E-state index in [1.807, 2.05) is 0 Å². The van der Waals surface area contributed by atoms with Crippen LogP contribution in [0, 0.1) is 11.8 Å². The minimum absolute atomic E-state index is 0.138.